The van der Waals surface area contributed by atoms with Crippen molar-refractivity contribution in [2.24, 2.45) is 0 Å². The summed E-state index contributed by atoms with van der Waals surface area (Å²) in [5.41, 5.74) is 9.28. The molecule has 1 aliphatic heterocycles. The van der Waals surface area contributed by atoms with E-state index >= 15 is 4.39 Å². The maximum atomic E-state index is 15.0. The molecule has 2 aromatic carbocycles. The number of benzene rings is 2. The molecule has 2 N–H and O–H groups in total. The van der Waals surface area contributed by atoms with Crippen LogP contribution in [0.3, 0.4) is 0 Å². The Morgan fingerprint density at radius 3 is 2.50 bits per heavy atom. The van der Waals surface area contributed by atoms with Crippen molar-refractivity contribution in [3.8, 4) is 5.75 Å². The SMILES string of the molecule is CCCCOc1ccc(F)c2c1N(c1ccccc1N)CC2(CC)CC. The normalized spacial score (nSPS) is 15.2. The van der Waals surface area contributed by atoms with Crippen LogP contribution in [0.2, 0.25) is 0 Å². The van der Waals surface area contributed by atoms with E-state index in [1.54, 1.807) is 12.1 Å². The maximum absolute atomic E-state index is 15.0. The van der Waals surface area contributed by atoms with Crippen molar-refractivity contribution in [2.75, 3.05) is 23.8 Å². The standard InChI is InChI=1S/C22H29FN2O/c1-4-7-14-26-19-13-12-16(23)20-21(19)25(15-22(20,5-2)6-3)18-11-9-8-10-17(18)24/h8-13H,4-7,14-15,24H2,1-3H3. The Bertz CT molecular complexity index is 771. The zero-order chi connectivity index (χ0) is 18.7. The maximum Gasteiger partial charge on any atom is 0.143 e. The quantitative estimate of drug-likeness (QED) is 0.503. The first-order valence-electron chi connectivity index (χ1n) is 9.65. The fourth-order valence-corrected chi connectivity index (χ4v) is 3.99. The second kappa shape index (κ2) is 7.56. The van der Waals surface area contributed by atoms with Gasteiger partial charge in [0.25, 0.3) is 0 Å². The number of ether oxygens (including phenoxy) is 1. The summed E-state index contributed by atoms with van der Waals surface area (Å²) in [5, 5.41) is 0. The molecule has 1 aliphatic rings. The first-order chi connectivity index (χ1) is 12.6. The zero-order valence-corrected chi connectivity index (χ0v) is 16.0. The van der Waals surface area contributed by atoms with Crippen LogP contribution >= 0.6 is 0 Å². The van der Waals surface area contributed by atoms with E-state index in [1.807, 2.05) is 24.3 Å². The molecule has 0 unspecified atom stereocenters. The molecule has 0 spiro atoms. The van der Waals surface area contributed by atoms with Gasteiger partial charge in [-0.1, -0.05) is 39.3 Å². The van der Waals surface area contributed by atoms with Crippen molar-refractivity contribution >= 4 is 17.1 Å². The minimum absolute atomic E-state index is 0.149. The molecule has 1 heterocycles. The van der Waals surface area contributed by atoms with Gasteiger partial charge in [0.15, 0.2) is 0 Å². The van der Waals surface area contributed by atoms with Gasteiger partial charge in [0.2, 0.25) is 0 Å². The van der Waals surface area contributed by atoms with Crippen molar-refractivity contribution < 1.29 is 9.13 Å². The highest BCUT2D eigenvalue weighted by atomic mass is 19.1. The van der Waals surface area contributed by atoms with E-state index in [2.05, 4.69) is 25.7 Å². The van der Waals surface area contributed by atoms with E-state index in [1.165, 1.54) is 0 Å². The van der Waals surface area contributed by atoms with E-state index in [9.17, 15) is 0 Å². The Balaban J connectivity index is 2.17. The second-order valence-corrected chi connectivity index (χ2v) is 7.10. The predicted octanol–water partition coefficient (Wildman–Crippen LogP) is 5.80. The number of unbranched alkanes of at least 4 members (excludes halogenated alkanes) is 1. The third-order valence-corrected chi connectivity index (χ3v) is 5.69. The number of nitrogens with zero attached hydrogens (tertiary/aromatic N) is 1. The van der Waals surface area contributed by atoms with Crippen molar-refractivity contribution in [1.29, 1.82) is 0 Å². The molecule has 140 valence electrons. The van der Waals surface area contributed by atoms with Crippen LogP contribution in [0, 0.1) is 5.82 Å². The van der Waals surface area contributed by atoms with Gasteiger partial charge in [-0.15, -0.1) is 0 Å². The number of nitrogens with two attached hydrogens (primary N) is 1. The van der Waals surface area contributed by atoms with Crippen LogP contribution in [0.25, 0.3) is 0 Å². The van der Waals surface area contributed by atoms with Crippen LogP contribution in [0.5, 0.6) is 5.75 Å². The lowest BCUT2D eigenvalue weighted by Gasteiger charge is -2.28. The Morgan fingerprint density at radius 2 is 1.85 bits per heavy atom. The number of halogens is 1. The van der Waals surface area contributed by atoms with E-state index < -0.39 is 0 Å². The molecule has 2 aromatic rings. The highest BCUT2D eigenvalue weighted by Gasteiger charge is 2.45. The molecule has 0 bridgehead atoms. The molecular formula is C22H29FN2O. The van der Waals surface area contributed by atoms with Gasteiger partial charge in [-0.05, 0) is 43.5 Å². The van der Waals surface area contributed by atoms with Gasteiger partial charge in [0, 0.05) is 17.5 Å². The number of fused-ring (bicyclic) bond motifs is 1. The summed E-state index contributed by atoms with van der Waals surface area (Å²) >= 11 is 0. The average molecular weight is 356 g/mol. The summed E-state index contributed by atoms with van der Waals surface area (Å²) in [6, 6.07) is 11.1. The van der Waals surface area contributed by atoms with Crippen LogP contribution in [0.1, 0.15) is 52.0 Å². The topological polar surface area (TPSA) is 38.5 Å². The molecule has 0 atom stereocenters. The monoisotopic (exact) mass is 356 g/mol. The Labute approximate surface area is 156 Å². The molecule has 0 aliphatic carbocycles. The van der Waals surface area contributed by atoms with Gasteiger partial charge in [-0.25, -0.2) is 4.39 Å². The number of hydrogen-bond donors (Lipinski definition) is 1. The lowest BCUT2D eigenvalue weighted by Crippen LogP contribution is -2.31. The van der Waals surface area contributed by atoms with Crippen LogP contribution < -0.4 is 15.4 Å². The third kappa shape index (κ3) is 3.02. The fourth-order valence-electron chi connectivity index (χ4n) is 3.99. The smallest absolute Gasteiger partial charge is 0.143 e. The highest BCUT2D eigenvalue weighted by Crippen LogP contribution is 2.53. The molecule has 3 nitrogen and oxygen atoms in total. The molecule has 0 radical (unpaired) electrons. The molecule has 0 saturated heterocycles. The molecule has 0 saturated carbocycles. The Morgan fingerprint density at radius 1 is 1.12 bits per heavy atom. The van der Waals surface area contributed by atoms with E-state index in [-0.39, 0.29) is 11.2 Å². The number of anilines is 3. The van der Waals surface area contributed by atoms with Crippen molar-refractivity contribution in [2.45, 2.75) is 51.9 Å². The summed E-state index contributed by atoms with van der Waals surface area (Å²) in [4.78, 5) is 2.15. The van der Waals surface area contributed by atoms with Gasteiger partial charge in [0.05, 0.1) is 23.7 Å². The average Bonchev–Trinajstić information content (AvgIpc) is 3.01. The first kappa shape index (κ1) is 18.6. The van der Waals surface area contributed by atoms with Crippen LogP contribution in [0.15, 0.2) is 36.4 Å². The highest BCUT2D eigenvalue weighted by molar-refractivity contribution is 5.83. The van der Waals surface area contributed by atoms with Gasteiger partial charge >= 0.3 is 0 Å². The molecule has 0 aromatic heterocycles. The third-order valence-electron chi connectivity index (χ3n) is 5.69. The lowest BCUT2D eigenvalue weighted by molar-refractivity contribution is 0.309. The molecule has 0 amide bonds. The van der Waals surface area contributed by atoms with Gasteiger partial charge in [-0.2, -0.15) is 0 Å². The summed E-state index contributed by atoms with van der Waals surface area (Å²) in [7, 11) is 0. The fraction of sp³-hybridized carbons (Fsp3) is 0.455. The van der Waals surface area contributed by atoms with Crippen LogP contribution in [0.4, 0.5) is 21.5 Å². The number of nitrogen functional groups attached to an aromatic ring is 1. The molecule has 26 heavy (non-hydrogen) atoms. The molecular weight excluding hydrogens is 327 g/mol. The van der Waals surface area contributed by atoms with Gasteiger partial charge < -0.3 is 15.4 Å². The summed E-state index contributed by atoms with van der Waals surface area (Å²) < 4.78 is 21.1. The van der Waals surface area contributed by atoms with Crippen molar-refractivity contribution in [3.63, 3.8) is 0 Å². The zero-order valence-electron chi connectivity index (χ0n) is 16.0. The van der Waals surface area contributed by atoms with E-state index in [4.69, 9.17) is 10.5 Å². The summed E-state index contributed by atoms with van der Waals surface area (Å²) in [6.07, 6.45) is 3.78. The summed E-state index contributed by atoms with van der Waals surface area (Å²) in [5.74, 6) is 0.602. The van der Waals surface area contributed by atoms with Gasteiger partial charge in [0.1, 0.15) is 11.6 Å². The minimum Gasteiger partial charge on any atom is -0.491 e. The second-order valence-electron chi connectivity index (χ2n) is 7.10. The van der Waals surface area contributed by atoms with E-state index in [0.29, 0.717) is 18.8 Å². The largest absolute Gasteiger partial charge is 0.491 e. The van der Waals surface area contributed by atoms with Crippen LogP contribution in [-0.4, -0.2) is 13.2 Å². The number of hydrogen-bond acceptors (Lipinski definition) is 3. The van der Waals surface area contributed by atoms with Crippen molar-refractivity contribution in [1.82, 2.24) is 0 Å². The predicted molar refractivity (Wildman–Crippen MR) is 107 cm³/mol. The van der Waals surface area contributed by atoms with Crippen molar-refractivity contribution in [3.05, 3.63) is 47.8 Å². The van der Waals surface area contributed by atoms with Crippen LogP contribution in [-0.2, 0) is 5.41 Å². The number of para-hydroxylation sites is 2. The number of rotatable bonds is 7. The lowest BCUT2D eigenvalue weighted by atomic mass is 9.77. The molecule has 3 rings (SSSR count). The Hall–Kier alpha value is -2.23. The van der Waals surface area contributed by atoms with E-state index in [0.717, 1.165) is 48.4 Å². The minimum atomic E-state index is -0.230. The molecule has 4 heteroatoms. The Kier molecular flexibility index (Phi) is 5.40. The first-order valence-corrected chi connectivity index (χ1v) is 9.65. The summed E-state index contributed by atoms with van der Waals surface area (Å²) in [6.45, 7) is 7.76. The molecule has 0 fully saturated rings. The van der Waals surface area contributed by atoms with Gasteiger partial charge in [-0.3, -0.25) is 0 Å².